The first-order valence-corrected chi connectivity index (χ1v) is 9.19. The smallest absolute Gasteiger partial charge is 0.0334 e. The first-order chi connectivity index (χ1) is 9.74. The van der Waals surface area contributed by atoms with Crippen molar-refractivity contribution in [1.29, 1.82) is 0 Å². The van der Waals surface area contributed by atoms with E-state index in [0.29, 0.717) is 5.54 Å². The lowest BCUT2D eigenvalue weighted by atomic mass is 9.73. The largest absolute Gasteiger partial charge is 0.329 e. The highest BCUT2D eigenvalue weighted by Gasteiger charge is 2.40. The van der Waals surface area contributed by atoms with Crippen LogP contribution < -0.4 is 5.73 Å². The van der Waals surface area contributed by atoms with Crippen LogP contribution in [0.2, 0.25) is 0 Å². The van der Waals surface area contributed by atoms with Gasteiger partial charge in [-0.15, -0.1) is 0 Å². The van der Waals surface area contributed by atoms with Crippen LogP contribution in [0.15, 0.2) is 0 Å². The Kier molecular flexibility index (Phi) is 6.35. The quantitative estimate of drug-likeness (QED) is 0.818. The number of rotatable bonds is 5. The van der Waals surface area contributed by atoms with E-state index in [4.69, 9.17) is 5.73 Å². The molecule has 1 aliphatic carbocycles. The molecule has 0 bridgehead atoms. The van der Waals surface area contributed by atoms with Gasteiger partial charge >= 0.3 is 0 Å². The van der Waals surface area contributed by atoms with E-state index in [-0.39, 0.29) is 0 Å². The molecule has 2 nitrogen and oxygen atoms in total. The molecule has 1 saturated carbocycles. The molecule has 2 heteroatoms. The van der Waals surface area contributed by atoms with E-state index in [1.165, 1.54) is 77.3 Å². The highest BCUT2D eigenvalue weighted by Crippen LogP contribution is 2.39. The Balaban J connectivity index is 1.99. The van der Waals surface area contributed by atoms with E-state index < -0.39 is 0 Å². The summed E-state index contributed by atoms with van der Waals surface area (Å²) in [6, 6.07) is 0. The van der Waals surface area contributed by atoms with Crippen molar-refractivity contribution in [1.82, 2.24) is 4.90 Å². The van der Waals surface area contributed by atoms with Crippen LogP contribution in [0.1, 0.15) is 78.1 Å². The Bertz CT molecular complexity index is 279. The average molecular weight is 280 g/mol. The molecule has 118 valence electrons. The van der Waals surface area contributed by atoms with Crippen LogP contribution in [-0.2, 0) is 0 Å². The molecule has 20 heavy (non-hydrogen) atoms. The summed E-state index contributed by atoms with van der Waals surface area (Å²) in [5.74, 6) is 1.90. The topological polar surface area (TPSA) is 29.3 Å². The maximum Gasteiger partial charge on any atom is 0.0334 e. The van der Waals surface area contributed by atoms with Crippen LogP contribution in [-0.4, -0.2) is 30.1 Å². The Hall–Kier alpha value is -0.0800. The molecule has 1 heterocycles. The lowest BCUT2D eigenvalue weighted by Gasteiger charge is -2.48. The summed E-state index contributed by atoms with van der Waals surface area (Å²) in [6.07, 6.45) is 13.9. The molecule has 1 saturated heterocycles. The summed E-state index contributed by atoms with van der Waals surface area (Å²) in [6.45, 7) is 8.17. The Morgan fingerprint density at radius 3 is 2.55 bits per heavy atom. The Morgan fingerprint density at radius 2 is 1.85 bits per heavy atom. The van der Waals surface area contributed by atoms with E-state index in [1.54, 1.807) is 0 Å². The zero-order valence-electron chi connectivity index (χ0n) is 13.9. The molecule has 0 radical (unpaired) electrons. The van der Waals surface area contributed by atoms with E-state index in [9.17, 15) is 0 Å². The van der Waals surface area contributed by atoms with Gasteiger partial charge in [0.1, 0.15) is 0 Å². The van der Waals surface area contributed by atoms with Gasteiger partial charge < -0.3 is 5.73 Å². The lowest BCUT2D eigenvalue weighted by molar-refractivity contribution is 0.0365. The van der Waals surface area contributed by atoms with Crippen molar-refractivity contribution in [2.75, 3.05) is 19.6 Å². The molecule has 0 spiro atoms. The zero-order valence-corrected chi connectivity index (χ0v) is 13.9. The van der Waals surface area contributed by atoms with Gasteiger partial charge in [0.05, 0.1) is 0 Å². The van der Waals surface area contributed by atoms with Gasteiger partial charge in [0.15, 0.2) is 0 Å². The Morgan fingerprint density at radius 1 is 1.05 bits per heavy atom. The summed E-state index contributed by atoms with van der Waals surface area (Å²) in [5, 5.41) is 0. The van der Waals surface area contributed by atoms with Crippen molar-refractivity contribution in [2.24, 2.45) is 17.6 Å². The second-order valence-corrected chi connectivity index (χ2v) is 7.37. The molecule has 0 aromatic rings. The second kappa shape index (κ2) is 7.79. The highest BCUT2D eigenvalue weighted by molar-refractivity contribution is 4.97. The van der Waals surface area contributed by atoms with Crippen molar-refractivity contribution in [3.63, 3.8) is 0 Å². The maximum absolute atomic E-state index is 6.29. The van der Waals surface area contributed by atoms with Crippen molar-refractivity contribution in [3.05, 3.63) is 0 Å². The summed E-state index contributed by atoms with van der Waals surface area (Å²) < 4.78 is 0. The fourth-order valence-corrected chi connectivity index (χ4v) is 4.75. The van der Waals surface area contributed by atoms with E-state index >= 15 is 0 Å². The fourth-order valence-electron chi connectivity index (χ4n) is 4.75. The molecule has 0 aromatic heterocycles. The molecule has 1 aliphatic heterocycles. The van der Waals surface area contributed by atoms with Crippen molar-refractivity contribution < 1.29 is 0 Å². The first kappa shape index (κ1) is 16.3. The number of hydrogen-bond donors (Lipinski definition) is 1. The molecule has 0 aromatic carbocycles. The monoisotopic (exact) mass is 280 g/mol. The standard InChI is InChI=1S/C18H36N2/c1-3-7-17-9-6-12-20(13-10-17)18(15-19)11-5-8-16(4-2)14-18/h16-17H,3-15,19H2,1-2H3. The summed E-state index contributed by atoms with van der Waals surface area (Å²) in [5.41, 5.74) is 6.64. The van der Waals surface area contributed by atoms with Crippen molar-refractivity contribution in [3.8, 4) is 0 Å². The molecule has 0 amide bonds. The van der Waals surface area contributed by atoms with Crippen LogP contribution in [0.5, 0.6) is 0 Å². The van der Waals surface area contributed by atoms with Crippen LogP contribution in [0.4, 0.5) is 0 Å². The van der Waals surface area contributed by atoms with E-state index in [2.05, 4.69) is 18.7 Å². The van der Waals surface area contributed by atoms with Crippen LogP contribution in [0.25, 0.3) is 0 Å². The summed E-state index contributed by atoms with van der Waals surface area (Å²) in [4.78, 5) is 2.81. The number of likely N-dealkylation sites (tertiary alicyclic amines) is 1. The summed E-state index contributed by atoms with van der Waals surface area (Å²) >= 11 is 0. The minimum atomic E-state index is 0.347. The van der Waals surface area contributed by atoms with E-state index in [0.717, 1.165) is 18.4 Å². The minimum absolute atomic E-state index is 0.347. The third-order valence-electron chi connectivity index (χ3n) is 6.10. The number of hydrogen-bond acceptors (Lipinski definition) is 2. The Labute approximate surface area is 126 Å². The molecular weight excluding hydrogens is 244 g/mol. The molecule has 2 N–H and O–H groups in total. The van der Waals surface area contributed by atoms with Crippen LogP contribution >= 0.6 is 0 Å². The third-order valence-corrected chi connectivity index (χ3v) is 6.10. The van der Waals surface area contributed by atoms with Gasteiger partial charge in [0.25, 0.3) is 0 Å². The van der Waals surface area contributed by atoms with E-state index in [1.807, 2.05) is 0 Å². The lowest BCUT2D eigenvalue weighted by Crippen LogP contribution is -2.56. The molecule has 2 fully saturated rings. The molecule has 2 aliphatic rings. The van der Waals surface area contributed by atoms with Crippen molar-refractivity contribution >= 4 is 0 Å². The predicted molar refractivity (Wildman–Crippen MR) is 87.9 cm³/mol. The molecule has 3 unspecified atom stereocenters. The zero-order chi connectivity index (χ0) is 14.4. The maximum atomic E-state index is 6.29. The predicted octanol–water partition coefficient (Wildman–Crippen LogP) is 4.19. The highest BCUT2D eigenvalue weighted by atomic mass is 15.2. The fraction of sp³-hybridized carbons (Fsp3) is 1.00. The van der Waals surface area contributed by atoms with Crippen LogP contribution in [0, 0.1) is 11.8 Å². The van der Waals surface area contributed by atoms with Crippen molar-refractivity contribution in [2.45, 2.75) is 83.6 Å². The SMILES string of the molecule is CCCC1CCCN(C2(CN)CCCC(CC)C2)CC1. The first-order valence-electron chi connectivity index (χ1n) is 9.19. The van der Waals surface area contributed by atoms with Gasteiger partial charge in [0, 0.05) is 12.1 Å². The van der Waals surface area contributed by atoms with Gasteiger partial charge in [-0.1, -0.05) is 46.0 Å². The van der Waals surface area contributed by atoms with Gasteiger partial charge in [-0.25, -0.2) is 0 Å². The molecular formula is C18H36N2. The van der Waals surface area contributed by atoms with Gasteiger partial charge in [-0.2, -0.15) is 0 Å². The van der Waals surface area contributed by atoms with Crippen LogP contribution in [0.3, 0.4) is 0 Å². The minimum Gasteiger partial charge on any atom is -0.329 e. The number of nitrogens with zero attached hydrogens (tertiary/aromatic N) is 1. The third kappa shape index (κ3) is 3.76. The summed E-state index contributed by atoms with van der Waals surface area (Å²) in [7, 11) is 0. The van der Waals surface area contributed by atoms with Gasteiger partial charge in [-0.05, 0) is 57.0 Å². The normalized spacial score (nSPS) is 36.8. The second-order valence-electron chi connectivity index (χ2n) is 7.37. The van der Waals surface area contributed by atoms with Gasteiger partial charge in [-0.3, -0.25) is 4.90 Å². The number of nitrogens with two attached hydrogens (primary N) is 1. The molecule has 3 atom stereocenters. The molecule has 2 rings (SSSR count). The average Bonchev–Trinajstić information content (AvgIpc) is 2.73. The van der Waals surface area contributed by atoms with Gasteiger partial charge in [0.2, 0.25) is 0 Å².